The quantitative estimate of drug-likeness (QED) is 0.557. The van der Waals surface area contributed by atoms with E-state index >= 15 is 0 Å². The molecular weight excluding hydrogens is 411 g/mol. The molecule has 2 aliphatic rings. The van der Waals surface area contributed by atoms with Crippen LogP contribution < -0.4 is 0 Å². The Morgan fingerprint density at radius 1 is 1.00 bits per heavy atom. The second-order valence-electron chi connectivity index (χ2n) is 8.94. The lowest BCUT2D eigenvalue weighted by Crippen LogP contribution is -2.46. The van der Waals surface area contributed by atoms with Crippen LogP contribution in [-0.4, -0.2) is 34.2 Å². The number of hydrogen-bond acceptors (Lipinski definition) is 3. The molecule has 0 N–H and O–H groups in total. The molecule has 1 heterocycles. The van der Waals surface area contributed by atoms with Crippen LogP contribution in [0.1, 0.15) is 60.9 Å². The number of rotatable bonds is 8. The fourth-order valence-electron chi connectivity index (χ4n) is 4.38. The third-order valence-electron chi connectivity index (χ3n) is 6.47. The van der Waals surface area contributed by atoms with E-state index in [1.807, 2.05) is 15.2 Å². The molecule has 166 valence electrons. The highest BCUT2D eigenvalue weighted by atomic mass is 32.1. The number of amides is 2. The first-order chi connectivity index (χ1) is 15.0. The molecular formula is C25H31FN2O2S. The predicted octanol–water partition coefficient (Wildman–Crippen LogP) is 5.30. The van der Waals surface area contributed by atoms with Crippen LogP contribution in [0.5, 0.6) is 0 Å². The van der Waals surface area contributed by atoms with Crippen LogP contribution in [0.3, 0.4) is 0 Å². The maximum atomic E-state index is 13.4. The highest BCUT2D eigenvalue weighted by Crippen LogP contribution is 2.32. The van der Waals surface area contributed by atoms with Crippen LogP contribution in [-0.2, 0) is 22.7 Å². The summed E-state index contributed by atoms with van der Waals surface area (Å²) in [5.74, 6) is -0.0706. The van der Waals surface area contributed by atoms with Gasteiger partial charge >= 0.3 is 0 Å². The van der Waals surface area contributed by atoms with Gasteiger partial charge in [0.1, 0.15) is 12.4 Å². The van der Waals surface area contributed by atoms with Gasteiger partial charge in [0.15, 0.2) is 0 Å². The molecule has 2 aliphatic carbocycles. The summed E-state index contributed by atoms with van der Waals surface area (Å²) in [5.41, 5.74) is 2.06. The molecule has 0 spiro atoms. The first-order valence-electron chi connectivity index (χ1n) is 11.4. The van der Waals surface area contributed by atoms with Crippen molar-refractivity contribution in [2.45, 2.75) is 71.0 Å². The molecule has 6 heteroatoms. The lowest BCUT2D eigenvalue weighted by Gasteiger charge is -2.31. The van der Waals surface area contributed by atoms with Gasteiger partial charge in [-0.05, 0) is 67.3 Å². The van der Waals surface area contributed by atoms with Gasteiger partial charge in [0.25, 0.3) is 0 Å². The summed E-state index contributed by atoms with van der Waals surface area (Å²) >= 11 is 1.64. The second-order valence-corrected chi connectivity index (χ2v) is 9.94. The molecule has 4 rings (SSSR count). The SMILES string of the molecule is Cc1ccsc1CN(Cc1ccc(F)cc1)C(=O)CN(C(=O)C1CCCCC1)C1CC1. The Balaban J connectivity index is 1.49. The molecule has 31 heavy (non-hydrogen) atoms. The minimum Gasteiger partial charge on any atom is -0.332 e. The van der Waals surface area contributed by atoms with Gasteiger partial charge in [0, 0.05) is 23.4 Å². The van der Waals surface area contributed by atoms with Gasteiger partial charge in [-0.1, -0.05) is 31.4 Å². The minimum atomic E-state index is -0.284. The van der Waals surface area contributed by atoms with E-state index in [2.05, 4.69) is 13.0 Å². The smallest absolute Gasteiger partial charge is 0.242 e. The van der Waals surface area contributed by atoms with E-state index in [4.69, 9.17) is 0 Å². The van der Waals surface area contributed by atoms with E-state index in [-0.39, 0.29) is 36.1 Å². The average Bonchev–Trinajstić information content (AvgIpc) is 3.55. The average molecular weight is 443 g/mol. The third kappa shape index (κ3) is 5.73. The zero-order chi connectivity index (χ0) is 21.8. The fraction of sp³-hybridized carbons (Fsp3) is 0.520. The van der Waals surface area contributed by atoms with Crippen molar-refractivity contribution in [3.8, 4) is 0 Å². The van der Waals surface area contributed by atoms with E-state index in [0.717, 1.165) is 49.0 Å². The molecule has 2 saturated carbocycles. The van der Waals surface area contributed by atoms with Crippen molar-refractivity contribution in [1.29, 1.82) is 0 Å². The Kier molecular flexibility index (Phi) is 7.06. The monoisotopic (exact) mass is 442 g/mol. The van der Waals surface area contributed by atoms with Crippen LogP contribution in [0.15, 0.2) is 35.7 Å². The Hall–Kier alpha value is -2.21. The van der Waals surface area contributed by atoms with Gasteiger partial charge in [0.05, 0.1) is 6.54 Å². The molecule has 2 aromatic rings. The normalized spacial score (nSPS) is 16.8. The number of benzene rings is 1. The number of hydrogen-bond donors (Lipinski definition) is 0. The van der Waals surface area contributed by atoms with Crippen LogP contribution in [0.4, 0.5) is 4.39 Å². The number of thiophene rings is 1. The molecule has 1 aromatic carbocycles. The molecule has 0 atom stereocenters. The zero-order valence-electron chi connectivity index (χ0n) is 18.2. The van der Waals surface area contributed by atoms with Gasteiger partial charge in [0.2, 0.25) is 11.8 Å². The van der Waals surface area contributed by atoms with Crippen LogP contribution in [0.25, 0.3) is 0 Å². The summed E-state index contributed by atoms with van der Waals surface area (Å²) < 4.78 is 13.4. The van der Waals surface area contributed by atoms with Crippen molar-refractivity contribution in [1.82, 2.24) is 9.80 Å². The molecule has 0 bridgehead atoms. The number of carbonyl (C=O) groups excluding carboxylic acids is 2. The van der Waals surface area contributed by atoms with Gasteiger partial charge in [-0.3, -0.25) is 9.59 Å². The molecule has 2 amide bonds. The van der Waals surface area contributed by atoms with Gasteiger partial charge in [-0.25, -0.2) is 4.39 Å². The van der Waals surface area contributed by atoms with Crippen molar-refractivity contribution in [3.63, 3.8) is 0 Å². The van der Waals surface area contributed by atoms with Crippen molar-refractivity contribution in [2.75, 3.05) is 6.54 Å². The summed E-state index contributed by atoms with van der Waals surface area (Å²) in [4.78, 5) is 31.5. The van der Waals surface area contributed by atoms with Crippen LogP contribution in [0.2, 0.25) is 0 Å². The van der Waals surface area contributed by atoms with Crippen molar-refractivity contribution >= 4 is 23.2 Å². The summed E-state index contributed by atoms with van der Waals surface area (Å²) in [6, 6.07) is 8.58. The highest BCUT2D eigenvalue weighted by Gasteiger charge is 2.38. The topological polar surface area (TPSA) is 40.6 Å². The van der Waals surface area contributed by atoms with E-state index in [9.17, 15) is 14.0 Å². The van der Waals surface area contributed by atoms with Gasteiger partial charge < -0.3 is 9.80 Å². The number of carbonyl (C=O) groups is 2. The van der Waals surface area contributed by atoms with E-state index in [1.54, 1.807) is 23.5 Å². The molecule has 0 aliphatic heterocycles. The van der Waals surface area contributed by atoms with Crippen LogP contribution in [0, 0.1) is 18.7 Å². The first kappa shape index (κ1) is 22.0. The molecule has 0 unspecified atom stereocenters. The lowest BCUT2D eigenvalue weighted by molar-refractivity contribution is -0.144. The van der Waals surface area contributed by atoms with E-state index in [0.29, 0.717) is 13.1 Å². The first-order valence-corrected chi connectivity index (χ1v) is 12.2. The van der Waals surface area contributed by atoms with E-state index in [1.165, 1.54) is 24.1 Å². The number of nitrogens with zero attached hydrogens (tertiary/aromatic N) is 2. The highest BCUT2D eigenvalue weighted by molar-refractivity contribution is 7.10. The third-order valence-corrected chi connectivity index (χ3v) is 7.48. The maximum absolute atomic E-state index is 13.4. The second kappa shape index (κ2) is 9.94. The summed E-state index contributed by atoms with van der Waals surface area (Å²) in [7, 11) is 0. The Bertz CT molecular complexity index is 901. The summed E-state index contributed by atoms with van der Waals surface area (Å²) in [5, 5.41) is 2.04. The zero-order valence-corrected chi connectivity index (χ0v) is 19.0. The lowest BCUT2D eigenvalue weighted by atomic mass is 9.88. The van der Waals surface area contributed by atoms with E-state index < -0.39 is 0 Å². The molecule has 4 nitrogen and oxygen atoms in total. The number of aryl methyl sites for hydroxylation is 1. The fourth-order valence-corrected chi connectivity index (χ4v) is 5.31. The largest absolute Gasteiger partial charge is 0.332 e. The summed E-state index contributed by atoms with van der Waals surface area (Å²) in [6.45, 7) is 3.11. The Labute approximate surface area is 188 Å². The van der Waals surface area contributed by atoms with Crippen molar-refractivity contribution in [3.05, 3.63) is 57.5 Å². The standard InChI is InChI=1S/C25H31FN2O2S/c1-18-13-14-31-23(18)16-27(15-19-7-9-21(26)10-8-19)24(29)17-28(22-11-12-22)25(30)20-5-3-2-4-6-20/h7-10,13-14,20,22H,2-6,11-12,15-17H2,1H3. The maximum Gasteiger partial charge on any atom is 0.242 e. The Morgan fingerprint density at radius 2 is 1.71 bits per heavy atom. The Morgan fingerprint density at radius 3 is 2.32 bits per heavy atom. The van der Waals surface area contributed by atoms with Gasteiger partial charge in [-0.2, -0.15) is 0 Å². The van der Waals surface area contributed by atoms with Crippen molar-refractivity contribution in [2.24, 2.45) is 5.92 Å². The molecule has 0 radical (unpaired) electrons. The number of halogens is 1. The molecule has 1 aromatic heterocycles. The minimum absolute atomic E-state index is 0.0341. The summed E-state index contributed by atoms with van der Waals surface area (Å²) in [6.07, 6.45) is 7.31. The molecule has 2 fully saturated rings. The van der Waals surface area contributed by atoms with Gasteiger partial charge in [-0.15, -0.1) is 11.3 Å². The molecule has 0 saturated heterocycles. The van der Waals surface area contributed by atoms with Crippen LogP contribution >= 0.6 is 11.3 Å². The predicted molar refractivity (Wildman–Crippen MR) is 121 cm³/mol. The van der Waals surface area contributed by atoms with Crippen molar-refractivity contribution < 1.29 is 14.0 Å².